The highest BCUT2D eigenvalue weighted by Gasteiger charge is 2.07. The van der Waals surface area contributed by atoms with Gasteiger partial charge in [0.05, 0.1) is 0 Å². The van der Waals surface area contributed by atoms with Crippen LogP contribution in [0.25, 0.3) is 0 Å². The number of nitrogens with two attached hydrogens (primary N) is 2. The Hall–Kier alpha value is -0.380. The van der Waals surface area contributed by atoms with E-state index >= 15 is 0 Å². The van der Waals surface area contributed by atoms with Crippen molar-refractivity contribution in [1.29, 1.82) is 0 Å². The molecule has 0 bridgehead atoms. The molecule has 2 atom stereocenters. The third-order valence-electron chi connectivity index (χ3n) is 1.84. The number of rotatable bonds is 4. The number of hydrogen-bond acceptors (Lipinski definition) is 3. The molecule has 1 heterocycles. The molecular weight excluding hydrogens is 168 g/mol. The summed E-state index contributed by atoms with van der Waals surface area (Å²) in [6, 6.07) is 4.55. The Morgan fingerprint density at radius 1 is 1.42 bits per heavy atom. The van der Waals surface area contributed by atoms with Crippen molar-refractivity contribution in [1.82, 2.24) is 0 Å². The van der Waals surface area contributed by atoms with Gasteiger partial charge in [0.1, 0.15) is 0 Å². The van der Waals surface area contributed by atoms with Crippen molar-refractivity contribution in [2.24, 2.45) is 11.5 Å². The van der Waals surface area contributed by atoms with Crippen molar-refractivity contribution < 1.29 is 0 Å². The fourth-order valence-electron chi connectivity index (χ4n) is 1.09. The largest absolute Gasteiger partial charge is 0.328 e. The van der Waals surface area contributed by atoms with Crippen LogP contribution < -0.4 is 11.5 Å². The van der Waals surface area contributed by atoms with Crippen molar-refractivity contribution in [3.63, 3.8) is 0 Å². The molecule has 0 fully saturated rings. The van der Waals surface area contributed by atoms with Crippen molar-refractivity contribution in [2.75, 3.05) is 0 Å². The van der Waals surface area contributed by atoms with Crippen LogP contribution in [0.15, 0.2) is 17.5 Å². The topological polar surface area (TPSA) is 52.0 Å². The van der Waals surface area contributed by atoms with Crippen LogP contribution in [0.1, 0.15) is 30.7 Å². The van der Waals surface area contributed by atoms with Crippen LogP contribution in [0.5, 0.6) is 0 Å². The zero-order valence-corrected chi connectivity index (χ0v) is 8.18. The monoisotopic (exact) mass is 184 g/mol. The molecule has 0 amide bonds. The molecule has 0 aliphatic rings. The molecule has 68 valence electrons. The van der Waals surface area contributed by atoms with Crippen LogP contribution >= 0.6 is 11.3 Å². The van der Waals surface area contributed by atoms with Crippen molar-refractivity contribution in [3.05, 3.63) is 22.4 Å². The quantitative estimate of drug-likeness (QED) is 0.750. The predicted molar refractivity (Wildman–Crippen MR) is 54.1 cm³/mol. The Balaban J connectivity index is 2.34. The van der Waals surface area contributed by atoms with Gasteiger partial charge in [0.25, 0.3) is 0 Å². The predicted octanol–water partition coefficient (Wildman–Crippen LogP) is 1.88. The van der Waals surface area contributed by atoms with Gasteiger partial charge in [-0.15, -0.1) is 11.3 Å². The van der Waals surface area contributed by atoms with Gasteiger partial charge >= 0.3 is 0 Å². The van der Waals surface area contributed by atoms with Gasteiger partial charge in [-0.3, -0.25) is 0 Å². The molecule has 0 saturated heterocycles. The van der Waals surface area contributed by atoms with Gasteiger partial charge in [0, 0.05) is 17.0 Å². The van der Waals surface area contributed by atoms with E-state index in [2.05, 4.69) is 11.4 Å². The van der Waals surface area contributed by atoms with E-state index in [0.29, 0.717) is 0 Å². The summed E-state index contributed by atoms with van der Waals surface area (Å²) in [5.41, 5.74) is 11.6. The van der Waals surface area contributed by atoms with E-state index in [0.717, 1.165) is 12.8 Å². The smallest absolute Gasteiger partial charge is 0.0390 e. The number of hydrogen-bond donors (Lipinski definition) is 2. The summed E-state index contributed by atoms with van der Waals surface area (Å²) in [5, 5.41) is 2.06. The van der Waals surface area contributed by atoms with E-state index in [1.54, 1.807) is 11.3 Å². The fraction of sp³-hybridized carbons (Fsp3) is 0.556. The second kappa shape index (κ2) is 4.60. The first-order valence-electron chi connectivity index (χ1n) is 4.24. The highest BCUT2D eigenvalue weighted by atomic mass is 32.1. The molecule has 1 rings (SSSR count). The zero-order valence-electron chi connectivity index (χ0n) is 7.36. The van der Waals surface area contributed by atoms with Gasteiger partial charge in [0.2, 0.25) is 0 Å². The Morgan fingerprint density at radius 3 is 2.67 bits per heavy atom. The maximum Gasteiger partial charge on any atom is 0.0390 e. The van der Waals surface area contributed by atoms with Crippen molar-refractivity contribution in [2.45, 2.75) is 31.8 Å². The van der Waals surface area contributed by atoms with Crippen LogP contribution in [-0.4, -0.2) is 6.04 Å². The first kappa shape index (κ1) is 9.71. The minimum atomic E-state index is 0.177. The first-order chi connectivity index (χ1) is 5.70. The van der Waals surface area contributed by atoms with E-state index in [1.807, 2.05) is 13.0 Å². The maximum absolute atomic E-state index is 5.94. The summed E-state index contributed by atoms with van der Waals surface area (Å²) in [6.07, 6.45) is 1.98. The van der Waals surface area contributed by atoms with Gasteiger partial charge in [0.15, 0.2) is 0 Å². The Morgan fingerprint density at radius 2 is 2.17 bits per heavy atom. The van der Waals surface area contributed by atoms with Crippen LogP contribution in [0.2, 0.25) is 0 Å². The van der Waals surface area contributed by atoms with Gasteiger partial charge in [-0.25, -0.2) is 0 Å². The molecule has 2 nitrogen and oxygen atoms in total. The minimum Gasteiger partial charge on any atom is -0.328 e. The average molecular weight is 184 g/mol. The zero-order chi connectivity index (χ0) is 8.97. The summed E-state index contributed by atoms with van der Waals surface area (Å²) in [4.78, 5) is 1.26. The minimum absolute atomic E-state index is 0.177. The normalized spacial score (nSPS) is 15.9. The van der Waals surface area contributed by atoms with Gasteiger partial charge in [-0.05, 0) is 31.2 Å². The lowest BCUT2D eigenvalue weighted by molar-refractivity contribution is 0.560. The van der Waals surface area contributed by atoms with Crippen molar-refractivity contribution >= 4 is 11.3 Å². The molecule has 0 aliphatic carbocycles. The first-order valence-corrected chi connectivity index (χ1v) is 5.12. The Bertz CT molecular complexity index is 206. The van der Waals surface area contributed by atoms with Gasteiger partial charge in [-0.2, -0.15) is 0 Å². The second-order valence-electron chi connectivity index (χ2n) is 3.18. The molecule has 0 radical (unpaired) electrons. The van der Waals surface area contributed by atoms with Crippen molar-refractivity contribution in [3.8, 4) is 0 Å². The van der Waals surface area contributed by atoms with Crippen LogP contribution in [0.3, 0.4) is 0 Å². The van der Waals surface area contributed by atoms with E-state index in [-0.39, 0.29) is 12.1 Å². The summed E-state index contributed by atoms with van der Waals surface area (Å²) >= 11 is 1.72. The van der Waals surface area contributed by atoms with Crippen LogP contribution in [-0.2, 0) is 0 Å². The Kier molecular flexibility index (Phi) is 3.72. The summed E-state index contributed by atoms with van der Waals surface area (Å²) < 4.78 is 0. The molecule has 3 heteroatoms. The molecule has 0 saturated carbocycles. The van der Waals surface area contributed by atoms with Crippen LogP contribution in [0.4, 0.5) is 0 Å². The van der Waals surface area contributed by atoms with Crippen LogP contribution in [0, 0.1) is 0 Å². The third-order valence-corrected chi connectivity index (χ3v) is 2.85. The second-order valence-corrected chi connectivity index (χ2v) is 4.16. The third kappa shape index (κ3) is 2.93. The lowest BCUT2D eigenvalue weighted by atomic mass is 10.1. The molecule has 0 spiro atoms. The molecule has 12 heavy (non-hydrogen) atoms. The van der Waals surface area contributed by atoms with E-state index in [9.17, 15) is 0 Å². The van der Waals surface area contributed by atoms with E-state index in [4.69, 9.17) is 11.5 Å². The summed E-state index contributed by atoms with van der Waals surface area (Å²) in [7, 11) is 0. The molecule has 1 aromatic heterocycles. The molecule has 1 aromatic rings. The fourth-order valence-corrected chi connectivity index (χ4v) is 1.85. The average Bonchev–Trinajstić information content (AvgIpc) is 2.51. The molecule has 2 unspecified atom stereocenters. The van der Waals surface area contributed by atoms with Gasteiger partial charge in [-0.1, -0.05) is 6.07 Å². The molecule has 0 aliphatic heterocycles. The maximum atomic E-state index is 5.94. The van der Waals surface area contributed by atoms with E-state index in [1.165, 1.54) is 4.88 Å². The lowest BCUT2D eigenvalue weighted by Crippen LogP contribution is -2.18. The molecular formula is C9H16N2S. The summed E-state index contributed by atoms with van der Waals surface area (Å²) in [6.45, 7) is 2.02. The van der Waals surface area contributed by atoms with E-state index < -0.39 is 0 Å². The van der Waals surface area contributed by atoms with Gasteiger partial charge < -0.3 is 11.5 Å². The SMILES string of the molecule is CC(N)CCC(N)c1cccs1. The highest BCUT2D eigenvalue weighted by molar-refractivity contribution is 7.10. The standard InChI is InChI=1S/C9H16N2S/c1-7(10)4-5-8(11)9-3-2-6-12-9/h2-3,6-8H,4-5,10-11H2,1H3. The highest BCUT2D eigenvalue weighted by Crippen LogP contribution is 2.20. The number of thiophene rings is 1. The molecule has 4 N–H and O–H groups in total. The lowest BCUT2D eigenvalue weighted by Gasteiger charge is -2.10. The Labute approximate surface area is 77.6 Å². The summed E-state index contributed by atoms with van der Waals surface area (Å²) in [5.74, 6) is 0. The molecule has 0 aromatic carbocycles.